The first-order valence-corrected chi connectivity index (χ1v) is 6.83. The van der Waals surface area contributed by atoms with Gasteiger partial charge in [0, 0.05) is 29.1 Å². The molecule has 1 aromatic rings. The van der Waals surface area contributed by atoms with Crippen LogP contribution in [0, 0.1) is 3.57 Å². The fourth-order valence-corrected chi connectivity index (χ4v) is 2.09. The first kappa shape index (κ1) is 12.5. The maximum absolute atomic E-state index is 11.8. The third kappa shape index (κ3) is 3.79. The van der Waals surface area contributed by atoms with Crippen molar-refractivity contribution in [2.24, 2.45) is 0 Å². The summed E-state index contributed by atoms with van der Waals surface area (Å²) in [6.45, 7) is 2.04. The van der Waals surface area contributed by atoms with E-state index in [4.69, 9.17) is 0 Å². The Kier molecular flexibility index (Phi) is 4.52. The average Bonchev–Trinajstić information content (AvgIpc) is 2.39. The van der Waals surface area contributed by atoms with Crippen molar-refractivity contribution in [2.75, 3.05) is 25.0 Å². The smallest absolute Gasteiger partial charge is 0.241 e. The first-order valence-electron chi connectivity index (χ1n) is 5.75. The number of anilines is 1. The molecule has 1 amide bonds. The molecule has 1 aliphatic heterocycles. The van der Waals surface area contributed by atoms with Gasteiger partial charge < -0.3 is 10.2 Å². The molecule has 2 rings (SSSR count). The van der Waals surface area contributed by atoms with Gasteiger partial charge in [-0.2, -0.15) is 0 Å². The van der Waals surface area contributed by atoms with Crippen molar-refractivity contribution in [2.45, 2.75) is 19.3 Å². The molecule has 0 unspecified atom stereocenters. The van der Waals surface area contributed by atoms with Crippen LogP contribution in [0.3, 0.4) is 0 Å². The normalized spacial score (nSPS) is 15.7. The Balaban J connectivity index is 1.81. The van der Waals surface area contributed by atoms with E-state index in [1.54, 1.807) is 12.4 Å². The molecule has 0 aliphatic carbocycles. The molecule has 0 radical (unpaired) electrons. The number of hydrogen-bond donors (Lipinski definition) is 1. The molecular weight excluding hydrogens is 331 g/mol. The largest absolute Gasteiger partial charge is 0.345 e. The fraction of sp³-hybridized carbons (Fsp3) is 0.545. The third-order valence-corrected chi connectivity index (χ3v) is 3.28. The second-order valence-corrected chi connectivity index (χ2v) is 5.27. The zero-order valence-corrected chi connectivity index (χ0v) is 11.7. The van der Waals surface area contributed by atoms with Gasteiger partial charge in [-0.15, -0.1) is 0 Å². The summed E-state index contributed by atoms with van der Waals surface area (Å²) in [7, 11) is 0. The first-order chi connectivity index (χ1) is 8.25. The Hall–Kier alpha value is -0.920. The second-order valence-electron chi connectivity index (χ2n) is 4.02. The lowest BCUT2D eigenvalue weighted by Crippen LogP contribution is -2.39. The van der Waals surface area contributed by atoms with Crippen LogP contribution < -0.4 is 5.32 Å². The number of halogens is 1. The Morgan fingerprint density at radius 1 is 1.29 bits per heavy atom. The molecule has 92 valence electrons. The number of likely N-dealkylation sites (tertiary alicyclic amines) is 1. The minimum Gasteiger partial charge on any atom is -0.345 e. The van der Waals surface area contributed by atoms with Gasteiger partial charge in [-0.1, -0.05) is 0 Å². The van der Waals surface area contributed by atoms with E-state index in [0.29, 0.717) is 5.95 Å². The van der Waals surface area contributed by atoms with Crippen molar-refractivity contribution in [1.29, 1.82) is 0 Å². The highest BCUT2D eigenvalue weighted by molar-refractivity contribution is 14.1. The number of piperidine rings is 1. The molecule has 5 nitrogen and oxygen atoms in total. The SMILES string of the molecule is O=C(CNc1ncc(I)cn1)N1CCCCC1. The summed E-state index contributed by atoms with van der Waals surface area (Å²) in [6, 6.07) is 0. The molecule has 2 heterocycles. The van der Waals surface area contributed by atoms with Crippen LogP contribution in [0.15, 0.2) is 12.4 Å². The maximum Gasteiger partial charge on any atom is 0.241 e. The lowest BCUT2D eigenvalue weighted by atomic mass is 10.1. The van der Waals surface area contributed by atoms with Crippen molar-refractivity contribution in [3.63, 3.8) is 0 Å². The number of carbonyl (C=O) groups is 1. The summed E-state index contributed by atoms with van der Waals surface area (Å²) in [4.78, 5) is 21.9. The number of amides is 1. The highest BCUT2D eigenvalue weighted by atomic mass is 127. The van der Waals surface area contributed by atoms with Crippen LogP contribution in [0.25, 0.3) is 0 Å². The molecule has 1 fully saturated rings. The molecule has 1 aromatic heterocycles. The predicted octanol–water partition coefficient (Wildman–Crippen LogP) is 1.51. The topological polar surface area (TPSA) is 58.1 Å². The van der Waals surface area contributed by atoms with Crippen molar-refractivity contribution in [3.05, 3.63) is 16.0 Å². The minimum absolute atomic E-state index is 0.131. The Labute approximate surface area is 114 Å². The van der Waals surface area contributed by atoms with Crippen LogP contribution in [0.1, 0.15) is 19.3 Å². The van der Waals surface area contributed by atoms with Gasteiger partial charge in [0.1, 0.15) is 0 Å². The number of carbonyl (C=O) groups excluding carboxylic acids is 1. The Morgan fingerprint density at radius 3 is 2.59 bits per heavy atom. The molecule has 0 saturated carbocycles. The van der Waals surface area contributed by atoms with Gasteiger partial charge in [-0.05, 0) is 41.9 Å². The van der Waals surface area contributed by atoms with E-state index < -0.39 is 0 Å². The zero-order valence-electron chi connectivity index (χ0n) is 9.53. The quantitative estimate of drug-likeness (QED) is 0.843. The Bertz CT molecular complexity index is 376. The van der Waals surface area contributed by atoms with Crippen molar-refractivity contribution in [3.8, 4) is 0 Å². The second kappa shape index (κ2) is 6.13. The molecule has 17 heavy (non-hydrogen) atoms. The van der Waals surface area contributed by atoms with Gasteiger partial charge in [0.2, 0.25) is 11.9 Å². The van der Waals surface area contributed by atoms with E-state index in [-0.39, 0.29) is 12.5 Å². The molecular formula is C11H15IN4O. The molecule has 0 spiro atoms. The van der Waals surface area contributed by atoms with Gasteiger partial charge in [0.25, 0.3) is 0 Å². The predicted molar refractivity (Wildman–Crippen MR) is 73.7 cm³/mol. The van der Waals surface area contributed by atoms with Crippen LogP contribution in [-0.2, 0) is 4.79 Å². The fourth-order valence-electron chi connectivity index (χ4n) is 1.81. The summed E-state index contributed by atoms with van der Waals surface area (Å²) in [5, 5.41) is 2.95. The minimum atomic E-state index is 0.131. The number of aromatic nitrogens is 2. The summed E-state index contributed by atoms with van der Waals surface area (Å²) < 4.78 is 0.982. The Morgan fingerprint density at radius 2 is 1.94 bits per heavy atom. The lowest BCUT2D eigenvalue weighted by molar-refractivity contribution is -0.130. The van der Waals surface area contributed by atoms with Gasteiger partial charge in [-0.3, -0.25) is 4.79 Å². The van der Waals surface area contributed by atoms with Crippen molar-refractivity contribution >= 4 is 34.4 Å². The van der Waals surface area contributed by atoms with Crippen LogP contribution in [0.5, 0.6) is 0 Å². The van der Waals surface area contributed by atoms with E-state index in [2.05, 4.69) is 37.9 Å². The standard InChI is InChI=1S/C11H15IN4O/c12-9-6-13-11(14-7-9)15-8-10(17)16-4-2-1-3-5-16/h6-7H,1-5,8H2,(H,13,14,15). The van der Waals surface area contributed by atoms with Gasteiger partial charge in [0.15, 0.2) is 0 Å². The monoisotopic (exact) mass is 346 g/mol. The zero-order chi connectivity index (χ0) is 12.1. The number of hydrogen-bond acceptors (Lipinski definition) is 4. The van der Waals surface area contributed by atoms with Gasteiger partial charge in [0.05, 0.1) is 6.54 Å². The maximum atomic E-state index is 11.8. The number of nitrogens with one attached hydrogen (secondary N) is 1. The van der Waals surface area contributed by atoms with Crippen LogP contribution in [0.2, 0.25) is 0 Å². The van der Waals surface area contributed by atoms with E-state index in [1.807, 2.05) is 4.90 Å². The number of rotatable bonds is 3. The summed E-state index contributed by atoms with van der Waals surface area (Å²) in [6.07, 6.45) is 6.91. The van der Waals surface area contributed by atoms with E-state index in [0.717, 1.165) is 29.5 Å². The third-order valence-electron chi connectivity index (χ3n) is 2.73. The van der Waals surface area contributed by atoms with Crippen molar-refractivity contribution in [1.82, 2.24) is 14.9 Å². The van der Waals surface area contributed by atoms with Crippen LogP contribution in [-0.4, -0.2) is 40.4 Å². The molecule has 6 heteroatoms. The van der Waals surface area contributed by atoms with E-state index in [1.165, 1.54) is 6.42 Å². The lowest BCUT2D eigenvalue weighted by Gasteiger charge is -2.26. The molecule has 0 atom stereocenters. The molecule has 1 saturated heterocycles. The summed E-state index contributed by atoms with van der Waals surface area (Å²) in [5.74, 6) is 0.641. The number of nitrogens with zero attached hydrogens (tertiary/aromatic N) is 3. The average molecular weight is 346 g/mol. The highest BCUT2D eigenvalue weighted by Crippen LogP contribution is 2.09. The van der Waals surface area contributed by atoms with E-state index in [9.17, 15) is 4.79 Å². The van der Waals surface area contributed by atoms with Gasteiger partial charge in [-0.25, -0.2) is 9.97 Å². The van der Waals surface area contributed by atoms with Crippen LogP contribution in [0.4, 0.5) is 5.95 Å². The summed E-state index contributed by atoms with van der Waals surface area (Å²) >= 11 is 2.15. The molecule has 1 aliphatic rings. The highest BCUT2D eigenvalue weighted by Gasteiger charge is 2.15. The summed E-state index contributed by atoms with van der Waals surface area (Å²) in [5.41, 5.74) is 0. The van der Waals surface area contributed by atoms with Gasteiger partial charge >= 0.3 is 0 Å². The molecule has 1 N–H and O–H groups in total. The van der Waals surface area contributed by atoms with E-state index >= 15 is 0 Å². The molecule has 0 bridgehead atoms. The van der Waals surface area contributed by atoms with Crippen LogP contribution >= 0.6 is 22.6 Å². The molecule has 0 aromatic carbocycles. The van der Waals surface area contributed by atoms with Crippen molar-refractivity contribution < 1.29 is 4.79 Å².